The molecule has 0 N–H and O–H groups in total. The van der Waals surface area contributed by atoms with Crippen molar-refractivity contribution in [2.75, 3.05) is 0 Å². The Bertz CT molecular complexity index is 2620. The summed E-state index contributed by atoms with van der Waals surface area (Å²) < 4.78 is 8.87. The van der Waals surface area contributed by atoms with Crippen LogP contribution in [0.1, 0.15) is 148 Å². The Hall–Kier alpha value is -2.38. The zero-order valence-electron chi connectivity index (χ0n) is 38.9. The quantitative estimate of drug-likeness (QED) is 0.165. The van der Waals surface area contributed by atoms with Gasteiger partial charge in [-0.2, -0.15) is 0 Å². The summed E-state index contributed by atoms with van der Waals surface area (Å²) >= 11 is 9.01. The van der Waals surface area contributed by atoms with E-state index in [0.29, 0.717) is 5.92 Å². The average molecular weight is 972 g/mol. The Morgan fingerprint density at radius 2 is 1.13 bits per heavy atom. The molecule has 0 bridgehead atoms. The molecular weight excluding hydrogens is 906 g/mol. The summed E-state index contributed by atoms with van der Waals surface area (Å²) in [5, 5.41) is 1.54. The molecule has 322 valence electrons. The van der Waals surface area contributed by atoms with Crippen LogP contribution < -0.4 is 0 Å². The molecule has 0 aromatic heterocycles. The smallest absolute Gasteiger partial charge is 0.147 e. The summed E-state index contributed by atoms with van der Waals surface area (Å²) in [5.74, 6) is 0.355. The molecule has 5 heteroatoms. The van der Waals surface area contributed by atoms with Crippen LogP contribution >= 0.6 is 48.0 Å². The van der Waals surface area contributed by atoms with Crippen molar-refractivity contribution >= 4 is 66.6 Å². The maximum absolute atomic E-state index is 6.60. The second-order valence-electron chi connectivity index (χ2n) is 22.2. The van der Waals surface area contributed by atoms with Gasteiger partial charge in [-0.05, 0) is 0 Å². The van der Waals surface area contributed by atoms with Gasteiger partial charge in [0.2, 0.25) is 0 Å². The van der Waals surface area contributed by atoms with Crippen LogP contribution in [0.25, 0.3) is 22.3 Å². The van der Waals surface area contributed by atoms with E-state index in [1.165, 1.54) is 72.4 Å². The first-order valence-corrected chi connectivity index (χ1v) is 27.9. The van der Waals surface area contributed by atoms with E-state index in [2.05, 4.69) is 195 Å². The van der Waals surface area contributed by atoms with Gasteiger partial charge in [0.25, 0.3) is 0 Å². The van der Waals surface area contributed by atoms with Crippen molar-refractivity contribution in [3.63, 3.8) is 0 Å². The van der Waals surface area contributed by atoms with E-state index < -0.39 is 19.3 Å². The summed E-state index contributed by atoms with van der Waals surface area (Å²) in [4.78, 5) is 0. The number of allylic oxidation sites excluding steroid dienone is 8. The standard InChI is InChI=1S/C31H37.C11H17.2C7H5Cl.2ClH.Zr/c1-28(2,3)26-16-30(7,8)24-12-18-11-19-13-25-23(15-21(19)20(18)14-22(24)26)27(29(4,5)6)17-31(25,9)10;1-5-9-6-7-10(8-9)11(2,3)4;2*1-6-2-4-7(8)5-3-6;;;/h12-16H,11H2,1-10H3;7-9H,5H2,1-4H3;2*1-5H;2*1H;. The van der Waals surface area contributed by atoms with Gasteiger partial charge in [0.15, 0.2) is 0 Å². The van der Waals surface area contributed by atoms with E-state index >= 15 is 0 Å². The Balaban J connectivity index is 0.00000311. The normalized spacial score (nSPS) is 18.3. The van der Waals surface area contributed by atoms with Crippen LogP contribution in [0, 0.1) is 22.2 Å². The molecule has 0 amide bonds. The largest absolute Gasteiger partial charge is 0.147 e. The molecule has 0 nitrogen and oxygen atoms in total. The molecular formula is C56H66Cl4Zr. The number of rotatable bonds is 5. The SMILES string of the molecule is CCC1C=C(C(C)(C)C)C=[C]1[Zr](=[CH]c1ccc(Cl)cc1)(=[CH]c1ccc(Cl)cc1)[C]1=C(C(C)(C)C)c2cc3c(cc2C1(C)C)Cc1cc2c(cc1-3)C(C(C)(C)C)=CC2(C)C.Cl.Cl. The van der Waals surface area contributed by atoms with Crippen molar-refractivity contribution in [2.24, 2.45) is 22.2 Å². The van der Waals surface area contributed by atoms with E-state index in [0.717, 1.165) is 22.9 Å². The Labute approximate surface area is 394 Å². The summed E-state index contributed by atoms with van der Waals surface area (Å²) in [7, 11) is 0. The van der Waals surface area contributed by atoms with Crippen LogP contribution in [-0.2, 0) is 36.5 Å². The molecule has 1 unspecified atom stereocenters. The molecule has 0 saturated carbocycles. The first-order valence-electron chi connectivity index (χ1n) is 21.9. The first kappa shape index (κ1) is 48.1. The Morgan fingerprint density at radius 1 is 0.639 bits per heavy atom. The van der Waals surface area contributed by atoms with Crippen LogP contribution in [-0.4, -0.2) is 7.42 Å². The van der Waals surface area contributed by atoms with Gasteiger partial charge >= 0.3 is 373 Å². The molecule has 8 rings (SSSR count). The third-order valence-electron chi connectivity index (χ3n) is 13.8. The summed E-state index contributed by atoms with van der Waals surface area (Å²) in [6.07, 6.45) is 9.86. The van der Waals surface area contributed by atoms with Crippen molar-refractivity contribution in [2.45, 2.75) is 121 Å². The Morgan fingerprint density at radius 3 is 1.59 bits per heavy atom. The van der Waals surface area contributed by atoms with Crippen LogP contribution in [0.5, 0.6) is 0 Å². The molecule has 4 aromatic carbocycles. The molecule has 4 aliphatic carbocycles. The number of benzene rings is 4. The predicted molar refractivity (Wildman–Crippen MR) is 272 cm³/mol. The van der Waals surface area contributed by atoms with Gasteiger partial charge in [-0.3, -0.25) is 0 Å². The molecule has 0 fully saturated rings. The molecule has 61 heavy (non-hydrogen) atoms. The molecule has 0 radical (unpaired) electrons. The van der Waals surface area contributed by atoms with Crippen molar-refractivity contribution < 1.29 is 19.3 Å². The maximum Gasteiger partial charge on any atom is -0.147 e. The molecule has 0 spiro atoms. The zero-order valence-corrected chi connectivity index (χ0v) is 44.5. The molecule has 4 aromatic rings. The maximum atomic E-state index is 6.60. The fourth-order valence-corrected chi connectivity index (χ4v) is 25.5. The van der Waals surface area contributed by atoms with Gasteiger partial charge in [0.1, 0.15) is 0 Å². The van der Waals surface area contributed by atoms with Crippen molar-refractivity contribution in [3.05, 3.63) is 158 Å². The topological polar surface area (TPSA) is 0 Å². The van der Waals surface area contributed by atoms with E-state index in [1.807, 2.05) is 0 Å². The second kappa shape index (κ2) is 16.3. The van der Waals surface area contributed by atoms with Gasteiger partial charge in [-0.15, -0.1) is 24.8 Å². The average Bonchev–Trinajstić information content (AvgIpc) is 3.86. The number of hydrogen-bond donors (Lipinski definition) is 0. The minimum Gasteiger partial charge on any atom is -0.147 e. The third-order valence-corrected chi connectivity index (χ3v) is 26.0. The van der Waals surface area contributed by atoms with Crippen molar-refractivity contribution in [3.8, 4) is 11.1 Å². The number of halogens is 4. The molecule has 1 atom stereocenters. The number of hydrogen-bond acceptors (Lipinski definition) is 0. The monoisotopic (exact) mass is 968 g/mol. The van der Waals surface area contributed by atoms with Gasteiger partial charge < -0.3 is 0 Å². The Kier molecular flexibility index (Phi) is 12.8. The summed E-state index contributed by atoms with van der Waals surface area (Å²) in [6, 6.07) is 27.7. The van der Waals surface area contributed by atoms with Crippen LogP contribution in [0.2, 0.25) is 10.0 Å². The molecule has 0 aliphatic heterocycles. The van der Waals surface area contributed by atoms with Crippen molar-refractivity contribution in [1.29, 1.82) is 0 Å². The van der Waals surface area contributed by atoms with Crippen LogP contribution in [0.4, 0.5) is 0 Å². The number of fused-ring (bicyclic) bond motifs is 5. The van der Waals surface area contributed by atoms with E-state index in [9.17, 15) is 0 Å². The van der Waals surface area contributed by atoms with Gasteiger partial charge in [0, 0.05) is 0 Å². The summed E-state index contributed by atoms with van der Waals surface area (Å²) in [5.41, 5.74) is 18.4. The summed E-state index contributed by atoms with van der Waals surface area (Å²) in [6.45, 7) is 33.9. The minimum atomic E-state index is -4.18. The molecule has 4 aliphatic rings. The van der Waals surface area contributed by atoms with E-state index in [1.54, 1.807) is 6.56 Å². The third kappa shape index (κ3) is 8.29. The molecule has 0 saturated heterocycles. The predicted octanol–water partition coefficient (Wildman–Crippen LogP) is 16.9. The van der Waals surface area contributed by atoms with Crippen LogP contribution in [0.15, 0.2) is 103 Å². The minimum absolute atomic E-state index is 0. The van der Waals surface area contributed by atoms with Crippen LogP contribution in [0.3, 0.4) is 0 Å². The fraction of sp³-hybridized carbons (Fsp3) is 0.393. The van der Waals surface area contributed by atoms with E-state index in [-0.39, 0.29) is 51.9 Å². The van der Waals surface area contributed by atoms with Crippen molar-refractivity contribution in [1.82, 2.24) is 0 Å². The van der Waals surface area contributed by atoms with Gasteiger partial charge in [-0.1, -0.05) is 0 Å². The zero-order chi connectivity index (χ0) is 42.8. The van der Waals surface area contributed by atoms with E-state index in [4.69, 9.17) is 23.2 Å². The first-order chi connectivity index (χ1) is 27.3. The second-order valence-corrected chi connectivity index (χ2v) is 31.4. The van der Waals surface area contributed by atoms with Gasteiger partial charge in [-0.25, -0.2) is 0 Å². The molecule has 0 heterocycles. The fourth-order valence-electron chi connectivity index (χ4n) is 11.0. The van der Waals surface area contributed by atoms with Gasteiger partial charge in [0.05, 0.1) is 0 Å².